The molecule has 23 heavy (non-hydrogen) atoms. The number of aromatic nitrogens is 1. The Morgan fingerprint density at radius 2 is 1.87 bits per heavy atom. The van der Waals surface area contributed by atoms with Crippen molar-refractivity contribution in [1.82, 2.24) is 10.3 Å². The molecule has 122 valence electrons. The fourth-order valence-electron chi connectivity index (χ4n) is 1.95. The predicted molar refractivity (Wildman–Crippen MR) is 90.3 cm³/mol. The Morgan fingerprint density at radius 3 is 2.39 bits per heavy atom. The lowest BCUT2D eigenvalue weighted by molar-refractivity contribution is 0.0696. The summed E-state index contributed by atoms with van der Waals surface area (Å²) in [4.78, 5) is 27.2. The van der Waals surface area contributed by atoms with Crippen molar-refractivity contribution in [2.24, 2.45) is 0 Å². The molecular weight excluding hydrogens is 312 g/mol. The van der Waals surface area contributed by atoms with E-state index in [9.17, 15) is 9.59 Å². The first-order valence-corrected chi connectivity index (χ1v) is 8.22. The van der Waals surface area contributed by atoms with Gasteiger partial charge in [0, 0.05) is 17.3 Å². The molecule has 2 aromatic rings. The van der Waals surface area contributed by atoms with Gasteiger partial charge in [-0.2, -0.15) is 0 Å². The summed E-state index contributed by atoms with van der Waals surface area (Å²) < 4.78 is 0. The van der Waals surface area contributed by atoms with Gasteiger partial charge in [0.2, 0.25) is 0 Å². The van der Waals surface area contributed by atoms with E-state index in [1.54, 1.807) is 29.6 Å². The molecule has 1 amide bonds. The molecule has 1 aromatic carbocycles. The fourth-order valence-corrected chi connectivity index (χ4v) is 2.84. The summed E-state index contributed by atoms with van der Waals surface area (Å²) in [6, 6.07) is 6.65. The van der Waals surface area contributed by atoms with Crippen molar-refractivity contribution in [2.45, 2.75) is 32.6 Å². The molecular formula is C17H20N2O3S. The number of carboxylic acid groups (broad SMARTS) is 1. The Labute approximate surface area is 139 Å². The zero-order valence-electron chi connectivity index (χ0n) is 13.4. The summed E-state index contributed by atoms with van der Waals surface area (Å²) in [5.74, 6) is -1.12. The van der Waals surface area contributed by atoms with E-state index in [1.165, 1.54) is 11.3 Å². The van der Waals surface area contributed by atoms with Crippen LogP contribution in [0.5, 0.6) is 0 Å². The molecule has 0 aliphatic heterocycles. The minimum atomic E-state index is -0.942. The van der Waals surface area contributed by atoms with Gasteiger partial charge in [0.1, 0.15) is 5.69 Å². The molecule has 0 aliphatic rings. The van der Waals surface area contributed by atoms with Crippen LogP contribution in [0.25, 0.3) is 0 Å². The third-order valence-electron chi connectivity index (χ3n) is 3.28. The van der Waals surface area contributed by atoms with Crippen molar-refractivity contribution in [1.29, 1.82) is 0 Å². The minimum Gasteiger partial charge on any atom is -0.478 e. The van der Waals surface area contributed by atoms with Crippen LogP contribution < -0.4 is 5.32 Å². The average molecular weight is 332 g/mol. The maximum absolute atomic E-state index is 12.1. The Bertz CT molecular complexity index is 699. The molecule has 0 aliphatic carbocycles. The lowest BCUT2D eigenvalue weighted by Crippen LogP contribution is -2.26. The normalized spacial score (nSPS) is 11.3. The van der Waals surface area contributed by atoms with E-state index in [0.29, 0.717) is 18.7 Å². The molecule has 5 nitrogen and oxygen atoms in total. The lowest BCUT2D eigenvalue weighted by atomic mass is 9.98. The van der Waals surface area contributed by atoms with Gasteiger partial charge in [0.25, 0.3) is 5.91 Å². The number of carbonyl (C=O) groups is 2. The van der Waals surface area contributed by atoms with Crippen molar-refractivity contribution < 1.29 is 14.7 Å². The molecule has 0 radical (unpaired) electrons. The average Bonchev–Trinajstić information content (AvgIpc) is 2.97. The number of amides is 1. The van der Waals surface area contributed by atoms with Crippen LogP contribution in [0.2, 0.25) is 0 Å². The largest absolute Gasteiger partial charge is 0.478 e. The van der Waals surface area contributed by atoms with Gasteiger partial charge in [-0.3, -0.25) is 4.79 Å². The summed E-state index contributed by atoms with van der Waals surface area (Å²) >= 11 is 1.49. The molecule has 0 spiro atoms. The lowest BCUT2D eigenvalue weighted by Gasteiger charge is -2.13. The van der Waals surface area contributed by atoms with Crippen molar-refractivity contribution in [3.05, 3.63) is 51.5 Å². The van der Waals surface area contributed by atoms with E-state index in [1.807, 2.05) is 0 Å². The van der Waals surface area contributed by atoms with Gasteiger partial charge in [0.05, 0.1) is 10.6 Å². The summed E-state index contributed by atoms with van der Waals surface area (Å²) in [7, 11) is 0. The fraction of sp³-hybridized carbons (Fsp3) is 0.353. The Hall–Kier alpha value is -2.21. The smallest absolute Gasteiger partial charge is 0.335 e. The Balaban J connectivity index is 1.87. The first-order valence-electron chi connectivity index (χ1n) is 7.34. The highest BCUT2D eigenvalue weighted by atomic mass is 32.1. The number of aromatic carboxylic acids is 1. The van der Waals surface area contributed by atoms with Gasteiger partial charge >= 0.3 is 5.97 Å². The number of nitrogens with one attached hydrogen (secondary N) is 1. The van der Waals surface area contributed by atoms with Crippen LogP contribution in [-0.2, 0) is 11.8 Å². The number of carbonyl (C=O) groups excluding carboxylic acids is 1. The zero-order chi connectivity index (χ0) is 17.0. The van der Waals surface area contributed by atoms with E-state index in [4.69, 9.17) is 5.11 Å². The zero-order valence-corrected chi connectivity index (χ0v) is 14.2. The minimum absolute atomic E-state index is 0.0604. The summed E-state index contributed by atoms with van der Waals surface area (Å²) in [6.45, 7) is 6.67. The number of benzene rings is 1. The molecule has 2 N–H and O–H groups in total. The van der Waals surface area contributed by atoms with E-state index >= 15 is 0 Å². The first kappa shape index (κ1) is 17.1. The third kappa shape index (κ3) is 4.63. The Morgan fingerprint density at radius 1 is 1.22 bits per heavy atom. The van der Waals surface area contributed by atoms with Crippen LogP contribution in [0.15, 0.2) is 29.6 Å². The Kier molecular flexibility index (Phi) is 5.15. The molecule has 0 atom stereocenters. The molecule has 1 heterocycles. The van der Waals surface area contributed by atoms with Crippen LogP contribution in [0, 0.1) is 0 Å². The predicted octanol–water partition coefficient (Wildman–Crippen LogP) is 3.11. The molecule has 0 bridgehead atoms. The van der Waals surface area contributed by atoms with Gasteiger partial charge < -0.3 is 10.4 Å². The van der Waals surface area contributed by atoms with Gasteiger partial charge in [-0.1, -0.05) is 32.9 Å². The summed E-state index contributed by atoms with van der Waals surface area (Å²) in [5.41, 5.74) is 1.62. The van der Waals surface area contributed by atoms with Crippen molar-refractivity contribution in [3.63, 3.8) is 0 Å². The highest BCUT2D eigenvalue weighted by Crippen LogP contribution is 2.25. The third-order valence-corrected chi connectivity index (χ3v) is 4.55. The molecule has 1 aromatic heterocycles. The highest BCUT2D eigenvalue weighted by molar-refractivity contribution is 7.10. The highest BCUT2D eigenvalue weighted by Gasteiger charge is 2.20. The van der Waals surface area contributed by atoms with Crippen LogP contribution in [0.3, 0.4) is 0 Å². The summed E-state index contributed by atoms with van der Waals surface area (Å²) in [6.07, 6.45) is 0.641. The quantitative estimate of drug-likeness (QED) is 0.882. The molecule has 0 unspecified atom stereocenters. The van der Waals surface area contributed by atoms with Crippen molar-refractivity contribution >= 4 is 23.2 Å². The monoisotopic (exact) mass is 332 g/mol. The number of nitrogens with zero attached hydrogens (tertiary/aromatic N) is 1. The second kappa shape index (κ2) is 6.91. The van der Waals surface area contributed by atoms with Crippen molar-refractivity contribution in [3.8, 4) is 0 Å². The maximum atomic E-state index is 12.1. The van der Waals surface area contributed by atoms with Crippen molar-refractivity contribution in [2.75, 3.05) is 6.54 Å². The second-order valence-corrected chi connectivity index (χ2v) is 7.15. The van der Waals surface area contributed by atoms with E-state index in [0.717, 1.165) is 10.6 Å². The van der Waals surface area contributed by atoms with E-state index < -0.39 is 5.97 Å². The number of rotatable bonds is 5. The SMILES string of the molecule is CC(C)(C)c1nc(C(=O)NCCc2ccc(C(=O)O)cc2)cs1. The molecule has 6 heteroatoms. The van der Waals surface area contributed by atoms with Crippen LogP contribution in [0.1, 0.15) is 52.2 Å². The van der Waals surface area contributed by atoms with Gasteiger partial charge in [0.15, 0.2) is 0 Å². The maximum Gasteiger partial charge on any atom is 0.335 e. The number of thiazole rings is 1. The summed E-state index contributed by atoms with van der Waals surface area (Å²) in [5, 5.41) is 14.4. The van der Waals surface area contributed by atoms with Crippen LogP contribution >= 0.6 is 11.3 Å². The number of hydrogen-bond donors (Lipinski definition) is 2. The second-order valence-electron chi connectivity index (χ2n) is 6.30. The van der Waals surface area contributed by atoms with Crippen LogP contribution in [0.4, 0.5) is 0 Å². The van der Waals surface area contributed by atoms with Crippen LogP contribution in [-0.4, -0.2) is 28.5 Å². The number of hydrogen-bond acceptors (Lipinski definition) is 4. The molecule has 2 rings (SSSR count). The van der Waals surface area contributed by atoms with E-state index in [-0.39, 0.29) is 16.9 Å². The topological polar surface area (TPSA) is 79.3 Å². The first-order chi connectivity index (χ1) is 10.8. The van der Waals surface area contributed by atoms with E-state index in [2.05, 4.69) is 31.1 Å². The number of carboxylic acids is 1. The van der Waals surface area contributed by atoms with Gasteiger partial charge in [-0.05, 0) is 24.1 Å². The molecule has 0 saturated heterocycles. The van der Waals surface area contributed by atoms with Gasteiger partial charge in [-0.15, -0.1) is 11.3 Å². The standard InChI is InChI=1S/C17H20N2O3S/c1-17(2,3)16-19-13(10-23-16)14(20)18-9-8-11-4-6-12(7-5-11)15(21)22/h4-7,10H,8-9H2,1-3H3,(H,18,20)(H,21,22). The molecule has 0 fully saturated rings. The van der Waals surface area contributed by atoms with Gasteiger partial charge in [-0.25, -0.2) is 9.78 Å². The molecule has 0 saturated carbocycles.